The van der Waals surface area contributed by atoms with E-state index in [4.69, 9.17) is 4.74 Å². The number of piperidine rings is 1. The first-order valence-electron chi connectivity index (χ1n) is 7.38. The molecule has 1 aliphatic heterocycles. The molecule has 0 saturated carbocycles. The number of benzene rings is 1. The van der Waals surface area contributed by atoms with Gasteiger partial charge in [0.25, 0.3) is 0 Å². The summed E-state index contributed by atoms with van der Waals surface area (Å²) in [6.45, 7) is 4.80. The third kappa shape index (κ3) is 4.57. The quantitative estimate of drug-likeness (QED) is 0.633. The van der Waals surface area contributed by atoms with Gasteiger partial charge in [-0.15, -0.1) is 0 Å². The van der Waals surface area contributed by atoms with Crippen LogP contribution in [0.4, 0.5) is 4.39 Å². The van der Waals surface area contributed by atoms with Gasteiger partial charge in [0.05, 0.1) is 24.3 Å². The van der Waals surface area contributed by atoms with Crippen molar-refractivity contribution in [3.63, 3.8) is 0 Å². The minimum atomic E-state index is -0.510. The van der Waals surface area contributed by atoms with Gasteiger partial charge in [-0.1, -0.05) is 18.3 Å². The molecule has 1 saturated heterocycles. The summed E-state index contributed by atoms with van der Waals surface area (Å²) in [5.41, 5.74) is 0.538. The molecule has 0 N–H and O–H groups in total. The highest BCUT2D eigenvalue weighted by Crippen LogP contribution is 2.11. The Labute approximate surface area is 125 Å². The standard InChI is InChI=1S/C17H20FNO2/c1-2-21-17(20)15-9-8-14(16(18)13-15)7-6-12-19-10-4-3-5-11-19/h8-9,13H,2-5,10-12H2,1H3. The van der Waals surface area contributed by atoms with Crippen LogP contribution in [-0.4, -0.2) is 37.1 Å². The number of esters is 1. The monoisotopic (exact) mass is 289 g/mol. The SMILES string of the molecule is CCOC(=O)c1ccc(C#CCN2CCCCC2)c(F)c1. The van der Waals surface area contributed by atoms with Crippen LogP contribution in [0.5, 0.6) is 0 Å². The van der Waals surface area contributed by atoms with E-state index in [9.17, 15) is 9.18 Å². The highest BCUT2D eigenvalue weighted by molar-refractivity contribution is 5.89. The van der Waals surface area contributed by atoms with Crippen molar-refractivity contribution in [3.05, 3.63) is 35.1 Å². The molecule has 0 atom stereocenters. The first-order chi connectivity index (χ1) is 10.2. The summed E-state index contributed by atoms with van der Waals surface area (Å²) in [5, 5.41) is 0. The van der Waals surface area contributed by atoms with Crippen molar-refractivity contribution < 1.29 is 13.9 Å². The van der Waals surface area contributed by atoms with Crippen molar-refractivity contribution in [2.24, 2.45) is 0 Å². The summed E-state index contributed by atoms with van der Waals surface area (Å²) in [6.07, 6.45) is 3.71. The van der Waals surface area contributed by atoms with Crippen LogP contribution in [-0.2, 0) is 4.74 Å². The lowest BCUT2D eigenvalue weighted by Crippen LogP contribution is -2.29. The summed E-state index contributed by atoms with van der Waals surface area (Å²) in [4.78, 5) is 13.8. The van der Waals surface area contributed by atoms with Gasteiger partial charge in [0.15, 0.2) is 0 Å². The first-order valence-corrected chi connectivity index (χ1v) is 7.38. The van der Waals surface area contributed by atoms with Crippen molar-refractivity contribution >= 4 is 5.97 Å². The fourth-order valence-electron chi connectivity index (χ4n) is 2.32. The van der Waals surface area contributed by atoms with Crippen molar-refractivity contribution in [2.45, 2.75) is 26.2 Å². The van der Waals surface area contributed by atoms with Gasteiger partial charge in [0.1, 0.15) is 5.82 Å². The van der Waals surface area contributed by atoms with E-state index in [-0.39, 0.29) is 12.2 Å². The van der Waals surface area contributed by atoms with Crippen molar-refractivity contribution in [3.8, 4) is 11.8 Å². The maximum absolute atomic E-state index is 13.9. The molecule has 4 heteroatoms. The second kappa shape index (κ2) is 7.80. The van der Waals surface area contributed by atoms with Crippen LogP contribution in [0.15, 0.2) is 18.2 Å². The van der Waals surface area contributed by atoms with Crippen LogP contribution in [0.25, 0.3) is 0 Å². The molecule has 0 amide bonds. The number of rotatable bonds is 3. The molecule has 1 aliphatic rings. The van der Waals surface area contributed by atoms with Crippen LogP contribution in [0.3, 0.4) is 0 Å². The lowest BCUT2D eigenvalue weighted by molar-refractivity contribution is 0.0526. The second-order valence-electron chi connectivity index (χ2n) is 5.05. The molecular formula is C17H20FNO2. The van der Waals surface area contributed by atoms with Crippen molar-refractivity contribution in [2.75, 3.05) is 26.2 Å². The Morgan fingerprint density at radius 1 is 1.33 bits per heavy atom. The molecule has 0 spiro atoms. The Morgan fingerprint density at radius 3 is 2.76 bits per heavy atom. The highest BCUT2D eigenvalue weighted by atomic mass is 19.1. The van der Waals surface area contributed by atoms with Crippen molar-refractivity contribution in [1.29, 1.82) is 0 Å². The summed E-state index contributed by atoms with van der Waals surface area (Å²) in [7, 11) is 0. The van der Waals surface area contributed by atoms with Gasteiger partial charge >= 0.3 is 5.97 Å². The number of nitrogens with zero attached hydrogens (tertiary/aromatic N) is 1. The molecule has 21 heavy (non-hydrogen) atoms. The van der Waals surface area contributed by atoms with Crippen LogP contribution in [0, 0.1) is 17.7 Å². The van der Waals surface area contributed by atoms with E-state index < -0.39 is 11.8 Å². The van der Waals surface area contributed by atoms with Gasteiger partial charge in [0.2, 0.25) is 0 Å². The average Bonchev–Trinajstić information content (AvgIpc) is 2.50. The molecule has 3 nitrogen and oxygen atoms in total. The maximum atomic E-state index is 13.9. The number of carbonyl (C=O) groups is 1. The molecule has 2 rings (SSSR count). The third-order valence-electron chi connectivity index (χ3n) is 3.45. The van der Waals surface area contributed by atoms with Gasteiger partial charge in [-0.3, -0.25) is 4.90 Å². The number of ether oxygens (including phenoxy) is 1. The molecule has 1 fully saturated rings. The lowest BCUT2D eigenvalue weighted by atomic mass is 10.1. The molecule has 112 valence electrons. The van der Waals surface area contributed by atoms with Crippen LogP contribution in [0.1, 0.15) is 42.1 Å². The zero-order valence-corrected chi connectivity index (χ0v) is 12.3. The third-order valence-corrected chi connectivity index (χ3v) is 3.45. The number of likely N-dealkylation sites (tertiary alicyclic amines) is 1. The number of hydrogen-bond acceptors (Lipinski definition) is 3. The fourth-order valence-corrected chi connectivity index (χ4v) is 2.32. The zero-order valence-electron chi connectivity index (χ0n) is 12.3. The van der Waals surface area contributed by atoms with E-state index >= 15 is 0 Å². The molecule has 0 unspecified atom stereocenters. The van der Waals surface area contributed by atoms with Crippen LogP contribution in [0.2, 0.25) is 0 Å². The number of hydrogen-bond donors (Lipinski definition) is 0. The van der Waals surface area contributed by atoms with E-state index in [1.165, 1.54) is 31.4 Å². The van der Waals surface area contributed by atoms with Crippen LogP contribution < -0.4 is 0 Å². The lowest BCUT2D eigenvalue weighted by Gasteiger charge is -2.23. The molecule has 0 radical (unpaired) electrons. The first kappa shape index (κ1) is 15.5. The van der Waals surface area contributed by atoms with Gasteiger partial charge in [0, 0.05) is 0 Å². The minimum absolute atomic E-state index is 0.218. The van der Waals surface area contributed by atoms with E-state index in [0.717, 1.165) is 13.1 Å². The number of carbonyl (C=O) groups excluding carboxylic acids is 1. The Hall–Kier alpha value is -1.86. The zero-order chi connectivity index (χ0) is 15.1. The van der Waals surface area contributed by atoms with Gasteiger partial charge in [-0.05, 0) is 51.1 Å². The van der Waals surface area contributed by atoms with E-state index in [0.29, 0.717) is 12.1 Å². The smallest absolute Gasteiger partial charge is 0.338 e. The van der Waals surface area contributed by atoms with E-state index in [2.05, 4.69) is 16.7 Å². The molecule has 0 aliphatic carbocycles. The van der Waals surface area contributed by atoms with Crippen LogP contribution >= 0.6 is 0 Å². The molecular weight excluding hydrogens is 269 g/mol. The molecule has 1 aromatic carbocycles. The predicted octanol–water partition coefficient (Wildman–Crippen LogP) is 2.84. The average molecular weight is 289 g/mol. The second-order valence-corrected chi connectivity index (χ2v) is 5.05. The topological polar surface area (TPSA) is 29.5 Å². The van der Waals surface area contributed by atoms with E-state index in [1.54, 1.807) is 13.0 Å². The molecule has 0 bridgehead atoms. The number of halogens is 1. The molecule has 1 aromatic rings. The Bertz CT molecular complexity index is 554. The highest BCUT2D eigenvalue weighted by Gasteiger charge is 2.10. The normalized spacial score (nSPS) is 15.1. The summed E-state index contributed by atoms with van der Waals surface area (Å²) in [6, 6.07) is 4.26. The van der Waals surface area contributed by atoms with Gasteiger partial charge < -0.3 is 4.74 Å². The summed E-state index contributed by atoms with van der Waals surface area (Å²) >= 11 is 0. The fraction of sp³-hybridized carbons (Fsp3) is 0.471. The van der Waals surface area contributed by atoms with E-state index in [1.807, 2.05) is 0 Å². The summed E-state index contributed by atoms with van der Waals surface area (Å²) < 4.78 is 18.7. The molecule has 0 aromatic heterocycles. The van der Waals surface area contributed by atoms with Gasteiger partial charge in [-0.2, -0.15) is 0 Å². The molecule has 1 heterocycles. The van der Waals surface area contributed by atoms with Gasteiger partial charge in [-0.25, -0.2) is 9.18 Å². The Balaban J connectivity index is 1.99. The predicted molar refractivity (Wildman–Crippen MR) is 79.5 cm³/mol. The largest absolute Gasteiger partial charge is 0.462 e. The Kier molecular flexibility index (Phi) is 5.77. The Morgan fingerprint density at radius 2 is 2.10 bits per heavy atom. The minimum Gasteiger partial charge on any atom is -0.462 e. The maximum Gasteiger partial charge on any atom is 0.338 e. The summed E-state index contributed by atoms with van der Waals surface area (Å²) in [5.74, 6) is 4.86. The van der Waals surface area contributed by atoms with Crippen molar-refractivity contribution in [1.82, 2.24) is 4.90 Å².